The highest BCUT2D eigenvalue weighted by molar-refractivity contribution is 5.34. The molecule has 0 atom stereocenters. The van der Waals surface area contributed by atoms with Crippen molar-refractivity contribution in [1.82, 2.24) is 24.5 Å². The number of hydrogen-bond donors (Lipinski definition) is 2. The third-order valence-corrected chi connectivity index (χ3v) is 2.11. The van der Waals surface area contributed by atoms with Gasteiger partial charge in [0.25, 0.3) is 0 Å². The highest BCUT2D eigenvalue weighted by Crippen LogP contribution is 2.06. The number of ether oxygens (including phenoxy) is 1. The number of aromatic nitrogens is 5. The van der Waals surface area contributed by atoms with Crippen molar-refractivity contribution in [2.45, 2.75) is 6.92 Å². The number of imidazole rings is 1. The Hall–Kier alpha value is -2.22. The zero-order chi connectivity index (χ0) is 12.8. The van der Waals surface area contributed by atoms with Gasteiger partial charge in [0.15, 0.2) is 0 Å². The first-order valence-electron chi connectivity index (χ1n) is 5.61. The van der Waals surface area contributed by atoms with Gasteiger partial charge in [-0.1, -0.05) is 0 Å². The fourth-order valence-electron chi connectivity index (χ4n) is 1.33. The second kappa shape index (κ2) is 5.92. The minimum Gasteiger partial charge on any atom is -0.380 e. The first kappa shape index (κ1) is 12.2. The summed E-state index contributed by atoms with van der Waals surface area (Å²) in [7, 11) is 0. The topological polar surface area (TPSA) is 104 Å². The average molecular weight is 249 g/mol. The maximum absolute atomic E-state index is 5.63. The molecule has 2 rings (SSSR count). The van der Waals surface area contributed by atoms with Crippen LogP contribution < -0.4 is 11.1 Å². The van der Waals surface area contributed by atoms with E-state index in [1.807, 2.05) is 6.92 Å². The molecule has 0 fully saturated rings. The molecular weight excluding hydrogens is 234 g/mol. The molecule has 0 saturated carbocycles. The number of nitrogens with two attached hydrogens (primary N) is 1. The molecule has 8 nitrogen and oxygen atoms in total. The Labute approximate surface area is 104 Å². The third kappa shape index (κ3) is 3.14. The van der Waals surface area contributed by atoms with Gasteiger partial charge in [-0.25, -0.2) is 4.98 Å². The van der Waals surface area contributed by atoms with Crippen LogP contribution in [0.2, 0.25) is 0 Å². The van der Waals surface area contributed by atoms with E-state index in [0.717, 1.165) is 0 Å². The molecule has 0 amide bonds. The molecule has 0 aliphatic rings. The summed E-state index contributed by atoms with van der Waals surface area (Å²) in [6.45, 7) is 3.82. The van der Waals surface area contributed by atoms with Crippen LogP contribution in [0.5, 0.6) is 0 Å². The Morgan fingerprint density at radius 1 is 1.39 bits per heavy atom. The molecule has 0 aliphatic heterocycles. The minimum absolute atomic E-state index is 0.160. The number of rotatable bonds is 6. The Balaban J connectivity index is 2.07. The second-order valence-corrected chi connectivity index (χ2v) is 3.41. The summed E-state index contributed by atoms with van der Waals surface area (Å²) in [5.74, 6) is 1.01. The molecule has 0 radical (unpaired) electrons. The van der Waals surface area contributed by atoms with E-state index in [4.69, 9.17) is 10.5 Å². The Morgan fingerprint density at radius 2 is 2.28 bits per heavy atom. The van der Waals surface area contributed by atoms with Crippen LogP contribution in [0.4, 0.5) is 11.9 Å². The monoisotopic (exact) mass is 249 g/mol. The summed E-state index contributed by atoms with van der Waals surface area (Å²) < 4.78 is 6.87. The van der Waals surface area contributed by atoms with E-state index in [1.54, 1.807) is 23.3 Å². The molecule has 8 heteroatoms. The van der Waals surface area contributed by atoms with Gasteiger partial charge < -0.3 is 15.8 Å². The highest BCUT2D eigenvalue weighted by atomic mass is 16.5. The zero-order valence-electron chi connectivity index (χ0n) is 10.1. The number of nitrogens with zero attached hydrogens (tertiary/aromatic N) is 5. The molecule has 2 aromatic heterocycles. The largest absolute Gasteiger partial charge is 0.380 e. The van der Waals surface area contributed by atoms with Gasteiger partial charge in [0.1, 0.15) is 6.33 Å². The van der Waals surface area contributed by atoms with Crippen molar-refractivity contribution in [2.75, 3.05) is 30.8 Å². The predicted octanol–water partition coefficient (Wildman–Crippen LogP) is 0.0879. The summed E-state index contributed by atoms with van der Waals surface area (Å²) in [5, 5.41) is 3.02. The van der Waals surface area contributed by atoms with Gasteiger partial charge in [0.2, 0.25) is 17.8 Å². The van der Waals surface area contributed by atoms with Gasteiger partial charge in [-0.15, -0.1) is 0 Å². The standard InChI is InChI=1S/C10H15N7O/c1-2-18-6-4-13-9-14-8(11)15-10(16-9)17-5-3-12-7-17/h3,5,7H,2,4,6H2,1H3,(H3,11,13,14,15,16). The van der Waals surface area contributed by atoms with Crippen LogP contribution in [-0.2, 0) is 4.74 Å². The Bertz CT molecular complexity index is 485. The zero-order valence-corrected chi connectivity index (χ0v) is 10.1. The highest BCUT2D eigenvalue weighted by Gasteiger charge is 2.05. The summed E-state index contributed by atoms with van der Waals surface area (Å²) in [4.78, 5) is 16.2. The number of hydrogen-bond acceptors (Lipinski definition) is 7. The van der Waals surface area contributed by atoms with Crippen molar-refractivity contribution < 1.29 is 4.74 Å². The lowest BCUT2D eigenvalue weighted by atomic mass is 10.6. The molecule has 0 spiro atoms. The van der Waals surface area contributed by atoms with E-state index in [2.05, 4.69) is 25.3 Å². The fraction of sp³-hybridized carbons (Fsp3) is 0.400. The average Bonchev–Trinajstić information content (AvgIpc) is 2.88. The van der Waals surface area contributed by atoms with Gasteiger partial charge in [0, 0.05) is 25.5 Å². The van der Waals surface area contributed by atoms with Crippen molar-refractivity contribution in [1.29, 1.82) is 0 Å². The van der Waals surface area contributed by atoms with E-state index in [1.165, 1.54) is 0 Å². The Morgan fingerprint density at radius 3 is 3.00 bits per heavy atom. The molecule has 18 heavy (non-hydrogen) atoms. The van der Waals surface area contributed by atoms with E-state index >= 15 is 0 Å². The number of nitrogen functional groups attached to an aromatic ring is 1. The van der Waals surface area contributed by atoms with Gasteiger partial charge in [0.05, 0.1) is 6.61 Å². The van der Waals surface area contributed by atoms with Crippen molar-refractivity contribution in [3.05, 3.63) is 18.7 Å². The minimum atomic E-state index is 0.160. The molecule has 2 heterocycles. The first-order chi connectivity index (χ1) is 8.79. The van der Waals surface area contributed by atoms with E-state index in [-0.39, 0.29) is 5.95 Å². The van der Waals surface area contributed by atoms with E-state index < -0.39 is 0 Å². The fourth-order valence-corrected chi connectivity index (χ4v) is 1.33. The molecule has 2 aromatic rings. The van der Waals surface area contributed by atoms with Crippen LogP contribution in [-0.4, -0.2) is 44.3 Å². The van der Waals surface area contributed by atoms with Crippen LogP contribution >= 0.6 is 0 Å². The molecule has 0 aromatic carbocycles. The lowest BCUT2D eigenvalue weighted by molar-refractivity contribution is 0.158. The first-order valence-corrected chi connectivity index (χ1v) is 5.61. The summed E-state index contributed by atoms with van der Waals surface area (Å²) in [6, 6.07) is 0. The number of anilines is 2. The molecular formula is C10H15N7O. The van der Waals surface area contributed by atoms with E-state index in [9.17, 15) is 0 Å². The normalized spacial score (nSPS) is 10.5. The summed E-state index contributed by atoms with van der Waals surface area (Å²) in [5.41, 5.74) is 5.63. The summed E-state index contributed by atoms with van der Waals surface area (Å²) >= 11 is 0. The molecule has 0 aliphatic carbocycles. The molecule has 3 N–H and O–H groups in total. The predicted molar refractivity (Wildman–Crippen MR) is 66.3 cm³/mol. The van der Waals surface area contributed by atoms with Gasteiger partial charge in [-0.05, 0) is 6.92 Å². The van der Waals surface area contributed by atoms with Crippen molar-refractivity contribution >= 4 is 11.9 Å². The molecule has 0 bridgehead atoms. The SMILES string of the molecule is CCOCCNc1nc(N)nc(-n2ccnc2)n1. The van der Waals surface area contributed by atoms with Crippen molar-refractivity contribution in [2.24, 2.45) is 0 Å². The molecule has 0 unspecified atom stereocenters. The van der Waals surface area contributed by atoms with Crippen LogP contribution in [0.1, 0.15) is 6.92 Å². The van der Waals surface area contributed by atoms with Crippen molar-refractivity contribution in [3.63, 3.8) is 0 Å². The molecule has 0 saturated heterocycles. The third-order valence-electron chi connectivity index (χ3n) is 2.11. The van der Waals surface area contributed by atoms with Gasteiger partial charge in [-0.2, -0.15) is 15.0 Å². The number of nitrogens with one attached hydrogen (secondary N) is 1. The van der Waals surface area contributed by atoms with Crippen LogP contribution in [0.25, 0.3) is 5.95 Å². The van der Waals surface area contributed by atoms with Crippen LogP contribution in [0.3, 0.4) is 0 Å². The lowest BCUT2D eigenvalue weighted by Crippen LogP contribution is -2.14. The van der Waals surface area contributed by atoms with Crippen LogP contribution in [0, 0.1) is 0 Å². The molecule has 96 valence electrons. The van der Waals surface area contributed by atoms with Crippen molar-refractivity contribution in [3.8, 4) is 5.95 Å². The van der Waals surface area contributed by atoms with Gasteiger partial charge >= 0.3 is 0 Å². The maximum Gasteiger partial charge on any atom is 0.241 e. The lowest BCUT2D eigenvalue weighted by Gasteiger charge is -2.07. The van der Waals surface area contributed by atoms with E-state index in [0.29, 0.717) is 31.7 Å². The summed E-state index contributed by atoms with van der Waals surface area (Å²) in [6.07, 6.45) is 4.97. The van der Waals surface area contributed by atoms with Gasteiger partial charge in [-0.3, -0.25) is 4.57 Å². The second-order valence-electron chi connectivity index (χ2n) is 3.41. The Kier molecular flexibility index (Phi) is 4.02. The quantitative estimate of drug-likeness (QED) is 0.699. The maximum atomic E-state index is 5.63. The smallest absolute Gasteiger partial charge is 0.241 e. The van der Waals surface area contributed by atoms with Crippen LogP contribution in [0.15, 0.2) is 18.7 Å².